The average Bonchev–Trinajstić information content (AvgIpc) is 2.85. The lowest BCUT2D eigenvalue weighted by Crippen LogP contribution is -2.31. The van der Waals surface area contributed by atoms with Crippen LogP contribution in [0, 0.1) is 0 Å². The number of fused-ring (bicyclic) bond motifs is 1. The Balaban J connectivity index is 2.09. The smallest absolute Gasteiger partial charge is 0.331 e. The van der Waals surface area contributed by atoms with Crippen molar-refractivity contribution in [1.82, 2.24) is 9.47 Å². The third-order valence-corrected chi connectivity index (χ3v) is 3.78. The lowest BCUT2D eigenvalue weighted by molar-refractivity contribution is -0.119. The molecule has 3 rings (SSSR count). The molecule has 0 saturated carbocycles. The van der Waals surface area contributed by atoms with Crippen LogP contribution in [0.15, 0.2) is 30.5 Å². The zero-order valence-corrected chi connectivity index (χ0v) is 11.1. The molecule has 1 aromatic heterocycles. The van der Waals surface area contributed by atoms with Gasteiger partial charge in [0.15, 0.2) is 0 Å². The van der Waals surface area contributed by atoms with E-state index in [1.54, 1.807) is 14.0 Å². The number of urea groups is 1. The number of aryl methyl sites for hydroxylation is 1. The van der Waals surface area contributed by atoms with E-state index in [-0.39, 0.29) is 11.9 Å². The summed E-state index contributed by atoms with van der Waals surface area (Å²) in [6.07, 6.45) is 1.96. The van der Waals surface area contributed by atoms with Crippen molar-refractivity contribution in [2.75, 3.05) is 11.9 Å². The largest absolute Gasteiger partial charge is 0.351 e. The summed E-state index contributed by atoms with van der Waals surface area (Å²) in [6.45, 7) is 1.74. The molecule has 0 spiro atoms. The van der Waals surface area contributed by atoms with Crippen molar-refractivity contribution in [2.24, 2.45) is 7.05 Å². The van der Waals surface area contributed by atoms with Gasteiger partial charge in [-0.15, -0.1) is 0 Å². The van der Waals surface area contributed by atoms with E-state index < -0.39 is 6.04 Å². The molecule has 1 aliphatic heterocycles. The van der Waals surface area contributed by atoms with E-state index in [1.165, 1.54) is 9.80 Å². The van der Waals surface area contributed by atoms with Crippen molar-refractivity contribution in [3.8, 4) is 0 Å². The second kappa shape index (κ2) is 3.85. The Morgan fingerprint density at radius 3 is 2.47 bits per heavy atom. The van der Waals surface area contributed by atoms with E-state index in [4.69, 9.17) is 0 Å². The molecule has 2 aromatic rings. The standard InChI is InChI=1S/C14H15N3O2/c1-9-13(18)17(14(19)16(9)3)11-4-5-12-10(8-11)6-7-15(12)2/h4-9H,1-3H3/t9-/m0/s1. The van der Waals surface area contributed by atoms with Crippen molar-refractivity contribution in [1.29, 1.82) is 0 Å². The average molecular weight is 257 g/mol. The van der Waals surface area contributed by atoms with Crippen LogP contribution in [-0.4, -0.2) is 34.5 Å². The first kappa shape index (κ1) is 11.8. The Morgan fingerprint density at radius 1 is 1.11 bits per heavy atom. The minimum atomic E-state index is -0.404. The maximum absolute atomic E-state index is 12.1. The lowest BCUT2D eigenvalue weighted by atomic mass is 10.2. The van der Waals surface area contributed by atoms with E-state index >= 15 is 0 Å². The summed E-state index contributed by atoms with van der Waals surface area (Å²) in [5.41, 5.74) is 1.70. The molecule has 0 unspecified atom stereocenters. The maximum Gasteiger partial charge on any atom is 0.331 e. The second-order valence-electron chi connectivity index (χ2n) is 4.91. The van der Waals surface area contributed by atoms with Gasteiger partial charge in [0.05, 0.1) is 5.69 Å². The van der Waals surface area contributed by atoms with Gasteiger partial charge < -0.3 is 9.47 Å². The second-order valence-corrected chi connectivity index (χ2v) is 4.91. The number of aromatic nitrogens is 1. The topological polar surface area (TPSA) is 45.6 Å². The molecule has 0 aliphatic carbocycles. The number of likely N-dealkylation sites (N-methyl/N-ethyl adjacent to an activating group) is 1. The molecule has 5 heteroatoms. The van der Waals surface area contributed by atoms with Crippen molar-refractivity contribution in [3.05, 3.63) is 30.5 Å². The first-order valence-electron chi connectivity index (χ1n) is 6.16. The molecular weight excluding hydrogens is 242 g/mol. The van der Waals surface area contributed by atoms with Crippen LogP contribution in [0.2, 0.25) is 0 Å². The minimum Gasteiger partial charge on any atom is -0.351 e. The van der Waals surface area contributed by atoms with Crippen molar-refractivity contribution >= 4 is 28.5 Å². The van der Waals surface area contributed by atoms with E-state index in [2.05, 4.69) is 0 Å². The number of benzene rings is 1. The predicted octanol–water partition coefficient (Wildman–Crippen LogP) is 1.97. The van der Waals surface area contributed by atoms with Crippen LogP contribution in [0.1, 0.15) is 6.92 Å². The molecule has 2 heterocycles. The normalized spacial score (nSPS) is 19.8. The SMILES string of the molecule is C[C@H]1C(=O)N(c2ccc3c(ccn3C)c2)C(=O)N1C. The van der Waals surface area contributed by atoms with Gasteiger partial charge in [0.25, 0.3) is 5.91 Å². The Morgan fingerprint density at radius 2 is 1.84 bits per heavy atom. The fourth-order valence-electron chi connectivity index (χ4n) is 2.42. The molecule has 19 heavy (non-hydrogen) atoms. The zero-order chi connectivity index (χ0) is 13.7. The first-order valence-corrected chi connectivity index (χ1v) is 6.16. The zero-order valence-electron chi connectivity index (χ0n) is 11.1. The molecular formula is C14H15N3O2. The molecule has 98 valence electrons. The molecule has 1 fully saturated rings. The lowest BCUT2D eigenvalue weighted by Gasteiger charge is -2.14. The monoisotopic (exact) mass is 257 g/mol. The number of carbonyl (C=O) groups is 2. The predicted molar refractivity (Wildman–Crippen MR) is 73.0 cm³/mol. The van der Waals surface area contributed by atoms with Crippen molar-refractivity contribution < 1.29 is 9.59 Å². The van der Waals surface area contributed by atoms with E-state index in [0.29, 0.717) is 5.69 Å². The summed E-state index contributed by atoms with van der Waals surface area (Å²) in [5, 5.41) is 1.02. The third-order valence-electron chi connectivity index (χ3n) is 3.78. The van der Waals surface area contributed by atoms with Gasteiger partial charge in [-0.05, 0) is 31.2 Å². The molecule has 5 nitrogen and oxygen atoms in total. The molecule has 1 aromatic carbocycles. The van der Waals surface area contributed by atoms with Crippen LogP contribution in [0.3, 0.4) is 0 Å². The van der Waals surface area contributed by atoms with Gasteiger partial charge in [-0.1, -0.05) is 0 Å². The van der Waals surface area contributed by atoms with E-state index in [1.807, 2.05) is 42.1 Å². The number of anilines is 1. The van der Waals surface area contributed by atoms with E-state index in [0.717, 1.165) is 10.9 Å². The molecule has 0 bridgehead atoms. The number of hydrogen-bond acceptors (Lipinski definition) is 2. The Kier molecular flexibility index (Phi) is 2.38. The number of rotatable bonds is 1. The summed E-state index contributed by atoms with van der Waals surface area (Å²) < 4.78 is 2.00. The fraction of sp³-hybridized carbons (Fsp3) is 0.286. The summed E-state index contributed by atoms with van der Waals surface area (Å²) in [6, 6.07) is 6.90. The third kappa shape index (κ3) is 1.54. The molecule has 3 amide bonds. The summed E-state index contributed by atoms with van der Waals surface area (Å²) in [5.74, 6) is -0.178. The molecule has 0 radical (unpaired) electrons. The quantitative estimate of drug-likeness (QED) is 0.733. The fourth-order valence-corrected chi connectivity index (χ4v) is 2.42. The van der Waals surface area contributed by atoms with Gasteiger partial charge >= 0.3 is 6.03 Å². The van der Waals surface area contributed by atoms with Crippen LogP contribution in [0.5, 0.6) is 0 Å². The van der Waals surface area contributed by atoms with Crippen LogP contribution in [0.25, 0.3) is 10.9 Å². The van der Waals surface area contributed by atoms with Gasteiger partial charge in [-0.3, -0.25) is 4.79 Å². The van der Waals surface area contributed by atoms with Crippen LogP contribution >= 0.6 is 0 Å². The first-order chi connectivity index (χ1) is 9.00. The highest BCUT2D eigenvalue weighted by atomic mass is 16.2. The highest BCUT2D eigenvalue weighted by Crippen LogP contribution is 2.27. The van der Waals surface area contributed by atoms with Crippen LogP contribution in [-0.2, 0) is 11.8 Å². The number of imide groups is 1. The molecule has 1 saturated heterocycles. The molecule has 0 N–H and O–H groups in total. The van der Waals surface area contributed by atoms with Gasteiger partial charge in [0, 0.05) is 31.2 Å². The van der Waals surface area contributed by atoms with Crippen LogP contribution < -0.4 is 4.90 Å². The highest BCUT2D eigenvalue weighted by Gasteiger charge is 2.41. The van der Waals surface area contributed by atoms with Crippen LogP contribution in [0.4, 0.5) is 10.5 Å². The molecule has 1 atom stereocenters. The highest BCUT2D eigenvalue weighted by molar-refractivity contribution is 6.21. The maximum atomic E-state index is 12.1. The van der Waals surface area contributed by atoms with Gasteiger partial charge in [0.2, 0.25) is 0 Å². The number of amides is 3. The van der Waals surface area contributed by atoms with Gasteiger partial charge in [-0.2, -0.15) is 0 Å². The van der Waals surface area contributed by atoms with Crippen molar-refractivity contribution in [2.45, 2.75) is 13.0 Å². The Bertz CT molecular complexity index is 669. The van der Waals surface area contributed by atoms with Gasteiger partial charge in [0.1, 0.15) is 6.04 Å². The van der Waals surface area contributed by atoms with Crippen molar-refractivity contribution in [3.63, 3.8) is 0 Å². The summed E-state index contributed by atoms with van der Waals surface area (Å²) >= 11 is 0. The number of hydrogen-bond donors (Lipinski definition) is 0. The number of carbonyl (C=O) groups excluding carboxylic acids is 2. The summed E-state index contributed by atoms with van der Waals surface area (Å²) in [4.78, 5) is 26.9. The Hall–Kier alpha value is -2.30. The molecule has 1 aliphatic rings. The minimum absolute atomic E-state index is 0.178. The summed E-state index contributed by atoms with van der Waals surface area (Å²) in [7, 11) is 3.61. The number of nitrogens with zero attached hydrogens (tertiary/aromatic N) is 3. The van der Waals surface area contributed by atoms with E-state index in [9.17, 15) is 9.59 Å². The Labute approximate surface area is 111 Å². The van der Waals surface area contributed by atoms with Gasteiger partial charge in [-0.25, -0.2) is 9.69 Å².